The average molecular weight is 967 g/mol. The largest absolute Gasteiger partial charge is 0.459 e. The van der Waals surface area contributed by atoms with Gasteiger partial charge in [-0.2, -0.15) is 0 Å². The molecule has 2 heterocycles. The number of esters is 1. The lowest BCUT2D eigenvalue weighted by Gasteiger charge is -2.43. The molecule has 0 radical (unpaired) electrons. The van der Waals surface area contributed by atoms with Crippen molar-refractivity contribution < 1.29 is 57.9 Å². The van der Waals surface area contributed by atoms with Crippen LogP contribution in [0.15, 0.2) is 47.6 Å². The highest BCUT2D eigenvalue weighted by molar-refractivity contribution is 6.39. The van der Waals surface area contributed by atoms with Gasteiger partial charge >= 0.3 is 5.97 Å². The summed E-state index contributed by atoms with van der Waals surface area (Å²) in [6, 6.07) is -0.894. The summed E-state index contributed by atoms with van der Waals surface area (Å²) < 4.78 is 22.9. The molecule has 2 bridgehead atoms. The molecule has 15 atom stereocenters. The van der Waals surface area contributed by atoms with Gasteiger partial charge in [-0.05, 0) is 138 Å². The van der Waals surface area contributed by atoms with Crippen LogP contribution in [0.1, 0.15) is 138 Å². The Morgan fingerprint density at radius 1 is 0.870 bits per heavy atom. The molecule has 3 fully saturated rings. The Morgan fingerprint density at radius 2 is 1.59 bits per heavy atom. The summed E-state index contributed by atoms with van der Waals surface area (Å²) in [4.78, 5) is 85.1. The monoisotopic (exact) mass is 967 g/mol. The van der Waals surface area contributed by atoms with Crippen molar-refractivity contribution >= 4 is 35.0 Å². The van der Waals surface area contributed by atoms with E-state index in [2.05, 4.69) is 0 Å². The van der Waals surface area contributed by atoms with Crippen LogP contribution in [0, 0.1) is 47.3 Å². The fourth-order valence-electron chi connectivity index (χ4n) is 11.5. The van der Waals surface area contributed by atoms with E-state index in [1.54, 1.807) is 34.1 Å². The number of nitrogens with two attached hydrogens (primary N) is 1. The molecule has 0 spiro atoms. The molecule has 388 valence electrons. The van der Waals surface area contributed by atoms with Crippen molar-refractivity contribution in [1.82, 2.24) is 4.90 Å². The van der Waals surface area contributed by atoms with Crippen molar-refractivity contribution in [3.8, 4) is 0 Å². The third-order valence-corrected chi connectivity index (χ3v) is 16.1. The molecule has 4 N–H and O–H groups in total. The average Bonchev–Trinajstić information content (AvgIpc) is 3.33. The fourth-order valence-corrected chi connectivity index (χ4v) is 11.5. The van der Waals surface area contributed by atoms with Gasteiger partial charge in [0.15, 0.2) is 17.3 Å². The summed E-state index contributed by atoms with van der Waals surface area (Å²) in [5.41, 5.74) is 4.96. The number of hydrogen-bond acceptors (Lipinski definition) is 13. The second kappa shape index (κ2) is 27.2. The van der Waals surface area contributed by atoms with Gasteiger partial charge in [-0.25, -0.2) is 0 Å². The predicted molar refractivity (Wildman–Crippen MR) is 265 cm³/mol. The number of methoxy groups -OCH3 is 3. The molecule has 1 saturated heterocycles. The van der Waals surface area contributed by atoms with Gasteiger partial charge in [0.2, 0.25) is 0 Å². The Labute approximate surface area is 412 Å². The molecule has 0 aromatic rings. The summed E-state index contributed by atoms with van der Waals surface area (Å²) >= 11 is 0. The Bertz CT molecular complexity index is 1890. The van der Waals surface area contributed by atoms with Gasteiger partial charge in [0, 0.05) is 52.6 Å². The third kappa shape index (κ3) is 15.7. The zero-order valence-corrected chi connectivity index (χ0v) is 43.4. The molecular weight excluding hydrogens is 881 g/mol. The molecule has 69 heavy (non-hydrogen) atoms. The number of carbonyl (C=O) groups excluding carboxylic acids is 6. The second-order valence-electron chi connectivity index (χ2n) is 21.3. The van der Waals surface area contributed by atoms with Gasteiger partial charge < -0.3 is 39.8 Å². The van der Waals surface area contributed by atoms with Crippen LogP contribution in [0.3, 0.4) is 0 Å². The van der Waals surface area contributed by atoms with Crippen molar-refractivity contribution in [1.29, 1.82) is 0 Å². The summed E-state index contributed by atoms with van der Waals surface area (Å²) in [5.74, 6) is -4.95. The van der Waals surface area contributed by atoms with Crippen LogP contribution < -0.4 is 5.73 Å². The van der Waals surface area contributed by atoms with E-state index in [4.69, 9.17) is 24.7 Å². The maximum Gasteiger partial charge on any atom is 0.320 e. The van der Waals surface area contributed by atoms with Crippen molar-refractivity contribution in [2.24, 2.45) is 53.1 Å². The molecule has 0 aromatic heterocycles. The third-order valence-electron chi connectivity index (χ3n) is 16.1. The Morgan fingerprint density at radius 3 is 2.26 bits per heavy atom. The van der Waals surface area contributed by atoms with E-state index in [0.717, 1.165) is 18.4 Å². The molecule has 2 aliphatic carbocycles. The Balaban J connectivity index is 1.70. The van der Waals surface area contributed by atoms with Crippen molar-refractivity contribution in [2.45, 2.75) is 181 Å². The lowest BCUT2D eigenvalue weighted by Crippen LogP contribution is -2.59. The van der Waals surface area contributed by atoms with Gasteiger partial charge in [0.25, 0.3) is 11.7 Å². The molecule has 14 heteroatoms. The van der Waals surface area contributed by atoms with Gasteiger partial charge in [-0.15, -0.1) is 0 Å². The van der Waals surface area contributed by atoms with Crippen molar-refractivity contribution in [2.75, 3.05) is 34.4 Å². The normalized spacial score (nSPS) is 37.1. The standard InChI is InChI=1S/C55H86N2O12/c1-33-16-12-11-13-17-34(2)47(66-8)28-41-20-19-39(7)55(65,31-41)53(63)54(64)57-23-15-14-18-43(57)45(59)30-42(35(3)26-40-21-22-46(48(27-40)67-9)69-49(60)32-56)29-44(58)36(4)25-38(6)51(62)52(68-10)50(61)37(5)24-33/h11-13,16-17,25,33,35,37-43,46-48,51-52,62,65H,14-15,18-24,26-32,56H2,1-10H3/b13-11?,16-12?,34-17?,36-25+/t33-,35-,37-,38?,39-,40?,41+,42-,43+,46-,47+,48-,51-,52+,55+/m1/s1. The lowest BCUT2D eigenvalue weighted by atomic mass is 9.67. The predicted octanol–water partition coefficient (Wildman–Crippen LogP) is 7.02. The number of fused-ring (bicyclic) bond motifs is 3. The number of aliphatic hydroxyl groups is 2. The highest BCUT2D eigenvalue weighted by Crippen LogP contribution is 2.42. The van der Waals surface area contributed by atoms with Crippen LogP contribution in [0.4, 0.5) is 0 Å². The Kier molecular flexibility index (Phi) is 22.9. The lowest BCUT2D eigenvalue weighted by molar-refractivity contribution is -0.165. The zero-order valence-electron chi connectivity index (χ0n) is 43.4. The molecule has 0 aromatic carbocycles. The van der Waals surface area contributed by atoms with E-state index in [1.165, 1.54) is 12.0 Å². The maximum absolute atomic E-state index is 14.7. The number of carbonyl (C=O) groups is 6. The fraction of sp³-hybridized carbons (Fsp3) is 0.745. The number of rotatable bonds is 8. The molecule has 4 aliphatic rings. The van der Waals surface area contributed by atoms with Crippen molar-refractivity contribution in [3.05, 3.63) is 47.6 Å². The van der Waals surface area contributed by atoms with Crippen LogP contribution in [0.5, 0.6) is 0 Å². The number of ether oxygens (including phenoxy) is 4. The quantitative estimate of drug-likeness (QED) is 0.165. The van der Waals surface area contributed by atoms with Crippen LogP contribution >= 0.6 is 0 Å². The van der Waals surface area contributed by atoms with E-state index in [0.29, 0.717) is 63.4 Å². The summed E-state index contributed by atoms with van der Waals surface area (Å²) in [7, 11) is 4.62. The molecule has 4 rings (SSSR count). The number of hydrogen-bond donors (Lipinski definition) is 3. The first-order valence-corrected chi connectivity index (χ1v) is 25.7. The minimum Gasteiger partial charge on any atom is -0.459 e. The topological polar surface area (TPSA) is 209 Å². The second-order valence-corrected chi connectivity index (χ2v) is 21.3. The maximum atomic E-state index is 14.7. The highest BCUT2D eigenvalue weighted by Gasteiger charge is 2.51. The SMILES string of the molecule is CO[C@H]1C[C@@H]2CC[C@@H](C)[C@@](O)(C2)C(=O)C(=O)N2CCCC[C@H]2C(=O)C[C@H]([C@H](C)CC2CC[C@@H](OC(=O)CN)[C@H](OC)C2)CC(=O)/C(C)=C/C(C)[C@@H](O)[C@@H](OC)C(=O)[C@H](C)C[C@H](C)C=CC=CC=C1C. The molecule has 2 unspecified atom stereocenters. The minimum absolute atomic E-state index is 0.00880. The van der Waals surface area contributed by atoms with E-state index in [1.807, 2.05) is 65.0 Å². The van der Waals surface area contributed by atoms with Crippen LogP contribution in [-0.4, -0.2) is 127 Å². The van der Waals surface area contributed by atoms with E-state index >= 15 is 0 Å². The smallest absolute Gasteiger partial charge is 0.320 e. The molecule has 2 aliphatic heterocycles. The summed E-state index contributed by atoms with van der Waals surface area (Å²) in [5, 5.41) is 23.8. The summed E-state index contributed by atoms with van der Waals surface area (Å²) in [6.07, 6.45) is 14.7. The number of ketones is 4. The Hall–Kier alpha value is -3.66. The first-order valence-electron chi connectivity index (χ1n) is 25.7. The van der Waals surface area contributed by atoms with E-state index in [-0.39, 0.29) is 85.6 Å². The number of nitrogens with zero attached hydrogens (tertiary/aromatic N) is 1. The number of allylic oxidation sites excluding steroid dienone is 6. The van der Waals surface area contributed by atoms with Gasteiger partial charge in [0.05, 0.1) is 30.9 Å². The molecular formula is C55H86N2O12. The molecule has 2 saturated carbocycles. The molecule has 1 amide bonds. The number of piperidine rings is 1. The van der Waals surface area contributed by atoms with Crippen LogP contribution in [0.25, 0.3) is 0 Å². The zero-order chi connectivity index (χ0) is 51.2. The number of aliphatic hydroxyl groups excluding tert-OH is 1. The first-order chi connectivity index (χ1) is 32.7. The minimum atomic E-state index is -1.91. The van der Waals surface area contributed by atoms with Gasteiger partial charge in [0.1, 0.15) is 17.8 Å². The first kappa shape index (κ1) is 57.9. The number of amides is 1. The van der Waals surface area contributed by atoms with Crippen LogP contribution in [0.2, 0.25) is 0 Å². The summed E-state index contributed by atoms with van der Waals surface area (Å²) in [6.45, 7) is 13.1. The highest BCUT2D eigenvalue weighted by atomic mass is 16.6. The van der Waals surface area contributed by atoms with Crippen molar-refractivity contribution in [3.63, 3.8) is 0 Å². The van der Waals surface area contributed by atoms with E-state index < -0.39 is 71.3 Å². The number of Topliss-reactive ketones (excluding diaryl/α,β-unsaturated/α-hetero) is 4. The van der Waals surface area contributed by atoms with Gasteiger partial charge in [-0.1, -0.05) is 71.1 Å². The van der Waals surface area contributed by atoms with Crippen LogP contribution in [-0.2, 0) is 47.7 Å². The van der Waals surface area contributed by atoms with E-state index in [9.17, 15) is 39.0 Å². The molecule has 14 nitrogen and oxygen atoms in total. The van der Waals surface area contributed by atoms with Gasteiger partial charge in [-0.3, -0.25) is 28.8 Å².